The molecule has 0 heterocycles. The minimum Gasteiger partial charge on any atom is -0.497 e. The third kappa shape index (κ3) is 2.67. The van der Waals surface area contributed by atoms with E-state index in [1.54, 1.807) is 7.11 Å². The molecule has 2 aliphatic rings. The lowest BCUT2D eigenvalue weighted by Crippen LogP contribution is -2.26. The summed E-state index contributed by atoms with van der Waals surface area (Å²) >= 11 is 0. The lowest BCUT2D eigenvalue weighted by molar-refractivity contribution is -0.129. The van der Waals surface area contributed by atoms with E-state index < -0.39 is 5.41 Å². The van der Waals surface area contributed by atoms with Gasteiger partial charge in [0, 0.05) is 0 Å². The highest BCUT2D eigenvalue weighted by Gasteiger charge is 2.51. The SMILES string of the molecule is COc1ccc2c(c1)C1(c3ccccc3-2)c2ccccc2-c2ccc(OCCOC=O)cc21. The Hall–Kier alpha value is -4.05. The third-order valence-electron chi connectivity index (χ3n) is 6.81. The topological polar surface area (TPSA) is 44.8 Å². The second-order valence-electron chi connectivity index (χ2n) is 8.28. The van der Waals surface area contributed by atoms with Crippen molar-refractivity contribution in [1.82, 2.24) is 0 Å². The van der Waals surface area contributed by atoms with Gasteiger partial charge in [0.2, 0.25) is 0 Å². The average molecular weight is 434 g/mol. The summed E-state index contributed by atoms with van der Waals surface area (Å²) in [5.74, 6) is 1.59. The Morgan fingerprint density at radius 1 is 0.667 bits per heavy atom. The molecule has 0 bridgehead atoms. The van der Waals surface area contributed by atoms with E-state index >= 15 is 0 Å². The lowest BCUT2D eigenvalue weighted by atomic mass is 9.70. The standard InChI is InChI=1S/C29H22O4/c1-31-19-10-12-23-21-6-2-4-8-25(21)29(27(23)16-19)26-9-5-3-7-22(26)24-13-11-20(17-28(24)29)33-15-14-32-18-30/h2-13,16-18H,14-15H2,1H3. The van der Waals surface area contributed by atoms with Crippen molar-refractivity contribution in [1.29, 1.82) is 0 Å². The fourth-order valence-electron chi connectivity index (χ4n) is 5.57. The highest BCUT2D eigenvalue weighted by atomic mass is 16.5. The molecule has 0 radical (unpaired) electrons. The number of hydrogen-bond acceptors (Lipinski definition) is 4. The van der Waals surface area contributed by atoms with Crippen LogP contribution in [-0.4, -0.2) is 26.8 Å². The smallest absolute Gasteiger partial charge is 0.293 e. The van der Waals surface area contributed by atoms with Crippen molar-refractivity contribution in [2.75, 3.05) is 20.3 Å². The van der Waals surface area contributed by atoms with Crippen LogP contribution in [0.15, 0.2) is 84.9 Å². The first-order valence-corrected chi connectivity index (χ1v) is 11.0. The summed E-state index contributed by atoms with van der Waals surface area (Å²) in [5, 5.41) is 0. The molecule has 0 aromatic heterocycles. The van der Waals surface area contributed by atoms with Crippen molar-refractivity contribution in [2.24, 2.45) is 0 Å². The first-order chi connectivity index (χ1) is 16.3. The van der Waals surface area contributed by atoms with Crippen molar-refractivity contribution >= 4 is 6.47 Å². The molecule has 4 heteroatoms. The zero-order valence-corrected chi connectivity index (χ0v) is 18.2. The maximum Gasteiger partial charge on any atom is 0.293 e. The second kappa shape index (κ2) is 7.52. The molecule has 0 fully saturated rings. The molecule has 4 aromatic carbocycles. The monoisotopic (exact) mass is 434 g/mol. The zero-order chi connectivity index (χ0) is 22.4. The highest BCUT2D eigenvalue weighted by Crippen LogP contribution is 2.63. The fourth-order valence-corrected chi connectivity index (χ4v) is 5.57. The van der Waals surface area contributed by atoms with Crippen LogP contribution in [0.4, 0.5) is 0 Å². The summed E-state index contributed by atoms with van der Waals surface area (Å²) in [6, 6.07) is 29.9. The number of carbonyl (C=O) groups excluding carboxylic acids is 1. The number of carbonyl (C=O) groups is 1. The Kier molecular flexibility index (Phi) is 4.47. The summed E-state index contributed by atoms with van der Waals surface area (Å²) in [6.07, 6.45) is 0. The number of hydrogen-bond donors (Lipinski definition) is 0. The number of rotatable bonds is 6. The van der Waals surface area contributed by atoms with Crippen LogP contribution in [0.5, 0.6) is 11.5 Å². The molecule has 1 unspecified atom stereocenters. The molecule has 1 spiro atoms. The Bertz CT molecular complexity index is 1380. The van der Waals surface area contributed by atoms with Gasteiger partial charge in [-0.3, -0.25) is 4.79 Å². The molecule has 0 aliphatic heterocycles. The van der Waals surface area contributed by atoms with Crippen LogP contribution in [0.3, 0.4) is 0 Å². The molecular formula is C29H22O4. The second-order valence-corrected chi connectivity index (χ2v) is 8.28. The van der Waals surface area contributed by atoms with Gasteiger partial charge in [-0.15, -0.1) is 0 Å². The van der Waals surface area contributed by atoms with Gasteiger partial charge in [-0.05, 0) is 68.8 Å². The third-order valence-corrected chi connectivity index (χ3v) is 6.81. The minimum atomic E-state index is -0.453. The molecular weight excluding hydrogens is 412 g/mol. The largest absolute Gasteiger partial charge is 0.497 e. The number of benzene rings is 4. The summed E-state index contributed by atoms with van der Waals surface area (Å²) in [5.41, 5.74) is 9.38. The van der Waals surface area contributed by atoms with E-state index in [9.17, 15) is 4.79 Å². The van der Waals surface area contributed by atoms with Crippen LogP contribution in [0.25, 0.3) is 22.3 Å². The normalized spacial score (nSPS) is 16.5. The van der Waals surface area contributed by atoms with E-state index in [-0.39, 0.29) is 6.61 Å². The van der Waals surface area contributed by atoms with Gasteiger partial charge in [-0.1, -0.05) is 60.7 Å². The summed E-state index contributed by atoms with van der Waals surface area (Å²) < 4.78 is 16.4. The van der Waals surface area contributed by atoms with Crippen molar-refractivity contribution < 1.29 is 19.0 Å². The highest BCUT2D eigenvalue weighted by molar-refractivity contribution is 5.95. The molecule has 4 aromatic rings. The number of fused-ring (bicyclic) bond motifs is 10. The van der Waals surface area contributed by atoms with E-state index in [2.05, 4.69) is 72.8 Å². The minimum absolute atomic E-state index is 0.217. The molecule has 2 aliphatic carbocycles. The van der Waals surface area contributed by atoms with Crippen LogP contribution in [0.1, 0.15) is 22.3 Å². The first-order valence-electron chi connectivity index (χ1n) is 11.0. The van der Waals surface area contributed by atoms with Gasteiger partial charge in [-0.25, -0.2) is 0 Å². The molecule has 6 rings (SSSR count). The van der Waals surface area contributed by atoms with E-state index in [1.807, 2.05) is 12.1 Å². The van der Waals surface area contributed by atoms with Gasteiger partial charge in [0.1, 0.15) is 24.7 Å². The zero-order valence-electron chi connectivity index (χ0n) is 18.2. The van der Waals surface area contributed by atoms with E-state index in [1.165, 1.54) is 44.5 Å². The van der Waals surface area contributed by atoms with Gasteiger partial charge >= 0.3 is 0 Å². The average Bonchev–Trinajstić information content (AvgIpc) is 3.33. The molecule has 0 N–H and O–H groups in total. The van der Waals surface area contributed by atoms with Crippen molar-refractivity contribution in [3.05, 3.63) is 107 Å². The first kappa shape index (κ1) is 19.6. The molecule has 0 amide bonds. The molecule has 1 atom stereocenters. The van der Waals surface area contributed by atoms with Gasteiger partial charge in [-0.2, -0.15) is 0 Å². The van der Waals surface area contributed by atoms with Crippen LogP contribution in [0.2, 0.25) is 0 Å². The van der Waals surface area contributed by atoms with Crippen molar-refractivity contribution in [3.8, 4) is 33.8 Å². The van der Waals surface area contributed by atoms with Crippen LogP contribution >= 0.6 is 0 Å². The number of methoxy groups -OCH3 is 1. The Balaban J connectivity index is 1.64. The summed E-state index contributed by atoms with van der Waals surface area (Å²) in [6.45, 7) is 0.963. The predicted molar refractivity (Wildman–Crippen MR) is 127 cm³/mol. The lowest BCUT2D eigenvalue weighted by Gasteiger charge is -2.30. The van der Waals surface area contributed by atoms with Gasteiger partial charge in [0.05, 0.1) is 12.5 Å². The van der Waals surface area contributed by atoms with Gasteiger partial charge in [0.25, 0.3) is 6.47 Å². The number of ether oxygens (including phenoxy) is 3. The van der Waals surface area contributed by atoms with E-state index in [4.69, 9.17) is 14.2 Å². The Morgan fingerprint density at radius 3 is 1.82 bits per heavy atom. The molecule has 162 valence electrons. The molecule has 0 saturated heterocycles. The van der Waals surface area contributed by atoms with Crippen LogP contribution < -0.4 is 9.47 Å². The maximum absolute atomic E-state index is 10.5. The molecule has 4 nitrogen and oxygen atoms in total. The summed E-state index contributed by atoms with van der Waals surface area (Å²) in [4.78, 5) is 10.5. The van der Waals surface area contributed by atoms with Gasteiger partial charge in [0.15, 0.2) is 0 Å². The van der Waals surface area contributed by atoms with Crippen LogP contribution in [0, 0.1) is 0 Å². The van der Waals surface area contributed by atoms with Gasteiger partial charge < -0.3 is 14.2 Å². The van der Waals surface area contributed by atoms with Crippen molar-refractivity contribution in [3.63, 3.8) is 0 Å². The quantitative estimate of drug-likeness (QED) is 0.253. The van der Waals surface area contributed by atoms with Crippen molar-refractivity contribution in [2.45, 2.75) is 5.41 Å². The summed E-state index contributed by atoms with van der Waals surface area (Å²) in [7, 11) is 1.71. The van der Waals surface area contributed by atoms with Crippen LogP contribution in [-0.2, 0) is 14.9 Å². The molecule has 0 saturated carbocycles. The van der Waals surface area contributed by atoms with E-state index in [0.717, 1.165) is 11.5 Å². The molecule has 33 heavy (non-hydrogen) atoms. The Labute approximate surface area is 192 Å². The maximum atomic E-state index is 10.5. The van der Waals surface area contributed by atoms with E-state index in [0.29, 0.717) is 13.1 Å². The fraction of sp³-hybridized carbons (Fsp3) is 0.138. The Morgan fingerprint density at radius 2 is 1.21 bits per heavy atom. The predicted octanol–water partition coefficient (Wildman–Crippen LogP) is 5.59.